The zero-order chi connectivity index (χ0) is 43.7. The number of ether oxygens (including phenoxy) is 3. The SMILES string of the molecule is CC/C=C/C=C/C=C/CCCCCCCC(=O)OC(COC(=O)CCCCC/C=C/CCCCCCCC)COC(=O)CCCCCCCC/C=C/C/C=C/C/C=C/CC. The van der Waals surface area contributed by atoms with Gasteiger partial charge in [0.05, 0.1) is 0 Å². The summed E-state index contributed by atoms with van der Waals surface area (Å²) in [5.74, 6) is -0.950. The average Bonchev–Trinajstić information content (AvgIpc) is 3.24. The Morgan fingerprint density at radius 3 is 1.23 bits per heavy atom. The van der Waals surface area contributed by atoms with Gasteiger partial charge in [-0.05, 0) is 96.3 Å². The van der Waals surface area contributed by atoms with E-state index in [2.05, 4.69) is 106 Å². The molecular formula is C54H90O6. The molecule has 0 bridgehead atoms. The Bertz CT molecular complexity index is 1190. The molecule has 0 aliphatic heterocycles. The van der Waals surface area contributed by atoms with Crippen LogP contribution in [0.15, 0.2) is 85.1 Å². The maximum Gasteiger partial charge on any atom is 0.306 e. The highest BCUT2D eigenvalue weighted by Crippen LogP contribution is 2.13. The van der Waals surface area contributed by atoms with Crippen LogP contribution >= 0.6 is 0 Å². The summed E-state index contributed by atoms with van der Waals surface area (Å²) >= 11 is 0. The highest BCUT2D eigenvalue weighted by atomic mass is 16.6. The van der Waals surface area contributed by atoms with E-state index in [1.54, 1.807) is 0 Å². The summed E-state index contributed by atoms with van der Waals surface area (Å²) < 4.78 is 16.7. The second kappa shape index (κ2) is 48.3. The van der Waals surface area contributed by atoms with E-state index in [9.17, 15) is 14.4 Å². The van der Waals surface area contributed by atoms with Gasteiger partial charge < -0.3 is 14.2 Å². The first kappa shape index (κ1) is 56.6. The van der Waals surface area contributed by atoms with Crippen LogP contribution in [0.4, 0.5) is 0 Å². The largest absolute Gasteiger partial charge is 0.462 e. The van der Waals surface area contributed by atoms with Crippen LogP contribution in [0.2, 0.25) is 0 Å². The lowest BCUT2D eigenvalue weighted by atomic mass is 10.1. The molecule has 342 valence electrons. The second-order valence-corrected chi connectivity index (χ2v) is 16.0. The fourth-order valence-electron chi connectivity index (χ4n) is 6.51. The van der Waals surface area contributed by atoms with E-state index in [4.69, 9.17) is 14.2 Å². The van der Waals surface area contributed by atoms with Crippen LogP contribution in [0.3, 0.4) is 0 Å². The molecule has 0 heterocycles. The maximum atomic E-state index is 12.8. The van der Waals surface area contributed by atoms with E-state index in [0.717, 1.165) is 122 Å². The van der Waals surface area contributed by atoms with Crippen LogP contribution < -0.4 is 0 Å². The van der Waals surface area contributed by atoms with Crippen molar-refractivity contribution in [3.63, 3.8) is 0 Å². The molecule has 1 atom stereocenters. The molecule has 0 rings (SSSR count). The monoisotopic (exact) mass is 835 g/mol. The Morgan fingerprint density at radius 2 is 0.733 bits per heavy atom. The number of rotatable bonds is 43. The molecule has 60 heavy (non-hydrogen) atoms. The normalized spacial score (nSPS) is 12.8. The third-order valence-electron chi connectivity index (χ3n) is 10.2. The zero-order valence-electron chi connectivity index (χ0n) is 38.9. The standard InChI is InChI=1S/C54H90O6/c1-4-7-10-13-16-19-22-25-26-27-30-32-35-38-41-44-47-53(56)59-50-51(60-54(57)48-45-42-39-36-33-29-24-21-18-15-12-9-6-3)49-58-52(55)46-43-40-37-34-31-28-23-20-17-14-11-8-5-2/h7,9-10,12,15-16,18-19,21,24-26,28,31,51H,4-6,8,11,13-14,17,20,22-23,27,29-30,32-50H2,1-3H3/b10-7+,12-9+,18-15+,19-16+,24-21+,26-25+,31-28+. The molecule has 0 aliphatic carbocycles. The van der Waals surface area contributed by atoms with Crippen LogP contribution in [0.5, 0.6) is 0 Å². The summed E-state index contributed by atoms with van der Waals surface area (Å²) in [6.07, 6.45) is 61.3. The third kappa shape index (κ3) is 45.7. The van der Waals surface area contributed by atoms with Crippen molar-refractivity contribution >= 4 is 17.9 Å². The van der Waals surface area contributed by atoms with Gasteiger partial charge in [-0.2, -0.15) is 0 Å². The Kier molecular flexibility index (Phi) is 45.5. The van der Waals surface area contributed by atoms with Gasteiger partial charge in [0.1, 0.15) is 13.2 Å². The quantitative estimate of drug-likeness (QED) is 0.0200. The van der Waals surface area contributed by atoms with Gasteiger partial charge in [0.15, 0.2) is 6.10 Å². The van der Waals surface area contributed by atoms with Crippen LogP contribution in [0.25, 0.3) is 0 Å². The van der Waals surface area contributed by atoms with Gasteiger partial charge in [-0.3, -0.25) is 14.4 Å². The molecule has 0 radical (unpaired) electrons. The van der Waals surface area contributed by atoms with Gasteiger partial charge in [0, 0.05) is 19.3 Å². The van der Waals surface area contributed by atoms with Crippen molar-refractivity contribution < 1.29 is 28.6 Å². The smallest absolute Gasteiger partial charge is 0.306 e. The van der Waals surface area contributed by atoms with Crippen molar-refractivity contribution in [1.29, 1.82) is 0 Å². The minimum absolute atomic E-state index is 0.0975. The molecule has 0 aromatic carbocycles. The molecule has 0 aromatic heterocycles. The summed E-state index contributed by atoms with van der Waals surface area (Å²) in [4.78, 5) is 37.9. The number of hydrogen-bond donors (Lipinski definition) is 0. The molecule has 0 saturated heterocycles. The van der Waals surface area contributed by atoms with Gasteiger partial charge in [-0.1, -0.05) is 189 Å². The fraction of sp³-hybridized carbons (Fsp3) is 0.685. The van der Waals surface area contributed by atoms with E-state index in [1.807, 2.05) is 0 Å². The van der Waals surface area contributed by atoms with Crippen molar-refractivity contribution in [2.24, 2.45) is 0 Å². The van der Waals surface area contributed by atoms with E-state index in [0.29, 0.717) is 19.3 Å². The number of unbranched alkanes of at least 4 members (excludes halogenated alkanes) is 20. The topological polar surface area (TPSA) is 78.9 Å². The molecule has 6 heteroatoms. The molecule has 0 N–H and O–H groups in total. The molecule has 0 aliphatic rings. The lowest BCUT2D eigenvalue weighted by molar-refractivity contribution is -0.167. The number of carbonyl (C=O) groups excluding carboxylic acids is 3. The lowest BCUT2D eigenvalue weighted by Gasteiger charge is -2.18. The third-order valence-corrected chi connectivity index (χ3v) is 10.2. The lowest BCUT2D eigenvalue weighted by Crippen LogP contribution is -2.30. The van der Waals surface area contributed by atoms with E-state index >= 15 is 0 Å². The molecule has 0 aromatic rings. The Morgan fingerprint density at radius 1 is 0.367 bits per heavy atom. The van der Waals surface area contributed by atoms with Gasteiger partial charge in [-0.25, -0.2) is 0 Å². The van der Waals surface area contributed by atoms with E-state index < -0.39 is 6.10 Å². The highest BCUT2D eigenvalue weighted by Gasteiger charge is 2.19. The predicted molar refractivity (Wildman–Crippen MR) is 256 cm³/mol. The minimum Gasteiger partial charge on any atom is -0.462 e. The molecule has 0 fully saturated rings. The fourth-order valence-corrected chi connectivity index (χ4v) is 6.51. The second-order valence-electron chi connectivity index (χ2n) is 16.0. The summed E-state index contributed by atoms with van der Waals surface area (Å²) in [5.41, 5.74) is 0. The predicted octanol–water partition coefficient (Wildman–Crippen LogP) is 16.0. The number of hydrogen-bond acceptors (Lipinski definition) is 6. The zero-order valence-corrected chi connectivity index (χ0v) is 38.9. The number of allylic oxidation sites excluding steroid dienone is 14. The Hall–Kier alpha value is -3.41. The Labute approximate surface area is 369 Å². The molecule has 6 nitrogen and oxygen atoms in total. The molecule has 0 amide bonds. The summed E-state index contributed by atoms with van der Waals surface area (Å²) in [6, 6.07) is 0. The van der Waals surface area contributed by atoms with Gasteiger partial charge in [0.25, 0.3) is 0 Å². The van der Waals surface area contributed by atoms with Crippen LogP contribution in [-0.2, 0) is 28.6 Å². The first-order valence-electron chi connectivity index (χ1n) is 24.6. The highest BCUT2D eigenvalue weighted by molar-refractivity contribution is 5.71. The van der Waals surface area contributed by atoms with E-state index in [1.165, 1.54) is 57.8 Å². The summed E-state index contributed by atoms with van der Waals surface area (Å²) in [7, 11) is 0. The van der Waals surface area contributed by atoms with Crippen LogP contribution in [0, 0.1) is 0 Å². The van der Waals surface area contributed by atoms with Crippen molar-refractivity contribution in [1.82, 2.24) is 0 Å². The van der Waals surface area contributed by atoms with E-state index in [-0.39, 0.29) is 31.1 Å². The van der Waals surface area contributed by atoms with Crippen LogP contribution in [0.1, 0.15) is 220 Å². The molecule has 0 spiro atoms. The number of esters is 3. The van der Waals surface area contributed by atoms with Crippen molar-refractivity contribution in [3.05, 3.63) is 85.1 Å². The molecule has 1 unspecified atom stereocenters. The van der Waals surface area contributed by atoms with Crippen molar-refractivity contribution in [2.75, 3.05) is 13.2 Å². The van der Waals surface area contributed by atoms with Gasteiger partial charge in [0.2, 0.25) is 0 Å². The minimum atomic E-state index is -0.798. The van der Waals surface area contributed by atoms with Crippen molar-refractivity contribution in [2.45, 2.75) is 226 Å². The average molecular weight is 835 g/mol. The summed E-state index contributed by atoms with van der Waals surface area (Å²) in [6.45, 7) is 6.33. The first-order chi connectivity index (χ1) is 29.5. The first-order valence-corrected chi connectivity index (χ1v) is 24.6. The van der Waals surface area contributed by atoms with Crippen molar-refractivity contribution in [3.8, 4) is 0 Å². The molecule has 0 saturated carbocycles. The number of carbonyl (C=O) groups is 3. The molecular weight excluding hydrogens is 745 g/mol. The van der Waals surface area contributed by atoms with Gasteiger partial charge in [-0.15, -0.1) is 0 Å². The summed E-state index contributed by atoms with van der Waals surface area (Å²) in [5, 5.41) is 0. The van der Waals surface area contributed by atoms with Gasteiger partial charge >= 0.3 is 17.9 Å². The van der Waals surface area contributed by atoms with Crippen LogP contribution in [-0.4, -0.2) is 37.2 Å². The maximum absolute atomic E-state index is 12.8. The Balaban J connectivity index is 4.45.